The summed E-state index contributed by atoms with van der Waals surface area (Å²) in [5.41, 5.74) is 1.15. The standard InChI is InChI=1S/C20H23N3O3/c1-13-5-7-21-18(9-13)23-11-15-14(16-4-6-20(15,12-23)26-16)10-22-19(24)17-3-2-8-25-17/h2-3,5,7-9,14-16H,4,6,10-12H2,1H3,(H,22,24)/t14-,15+,16+,20+/m0/s1. The van der Waals surface area contributed by atoms with E-state index in [0.29, 0.717) is 24.1 Å². The number of amides is 1. The van der Waals surface area contributed by atoms with Crippen molar-refractivity contribution in [2.75, 3.05) is 24.5 Å². The van der Waals surface area contributed by atoms with Crippen LogP contribution in [-0.4, -0.2) is 42.2 Å². The zero-order valence-corrected chi connectivity index (χ0v) is 14.9. The highest BCUT2D eigenvalue weighted by Crippen LogP contribution is 2.55. The van der Waals surface area contributed by atoms with Crippen molar-refractivity contribution in [1.29, 1.82) is 0 Å². The lowest BCUT2D eigenvalue weighted by atomic mass is 9.73. The third kappa shape index (κ3) is 2.43. The number of carbonyl (C=O) groups is 1. The topological polar surface area (TPSA) is 67.6 Å². The van der Waals surface area contributed by atoms with Crippen molar-refractivity contribution in [2.24, 2.45) is 11.8 Å². The second-order valence-electron chi connectivity index (χ2n) is 7.79. The van der Waals surface area contributed by atoms with Gasteiger partial charge >= 0.3 is 0 Å². The maximum absolute atomic E-state index is 12.2. The Hall–Kier alpha value is -2.34. The predicted molar refractivity (Wildman–Crippen MR) is 96.0 cm³/mol. The molecule has 6 heteroatoms. The minimum absolute atomic E-state index is 0.0732. The molecule has 2 bridgehead atoms. The molecule has 1 spiro atoms. The van der Waals surface area contributed by atoms with Crippen LogP contribution in [0.3, 0.4) is 0 Å². The lowest BCUT2D eigenvalue weighted by molar-refractivity contribution is 0.0141. The number of anilines is 1. The largest absolute Gasteiger partial charge is 0.459 e. The molecule has 0 aliphatic carbocycles. The first kappa shape index (κ1) is 15.9. The first-order valence-corrected chi connectivity index (χ1v) is 9.32. The van der Waals surface area contributed by atoms with Gasteiger partial charge in [0, 0.05) is 37.7 Å². The van der Waals surface area contributed by atoms with Gasteiger partial charge in [0.05, 0.1) is 18.0 Å². The molecule has 2 aromatic heterocycles. The van der Waals surface area contributed by atoms with Crippen LogP contribution in [0.2, 0.25) is 0 Å². The number of nitrogens with zero attached hydrogens (tertiary/aromatic N) is 2. The van der Waals surface area contributed by atoms with Crippen molar-refractivity contribution in [3.05, 3.63) is 48.0 Å². The van der Waals surface area contributed by atoms with Crippen molar-refractivity contribution < 1.29 is 13.9 Å². The van der Waals surface area contributed by atoms with E-state index in [1.807, 2.05) is 12.3 Å². The molecule has 3 saturated heterocycles. The first-order valence-electron chi connectivity index (χ1n) is 9.32. The van der Waals surface area contributed by atoms with Gasteiger partial charge in [0.25, 0.3) is 5.91 Å². The van der Waals surface area contributed by atoms with Gasteiger partial charge in [-0.3, -0.25) is 4.79 Å². The van der Waals surface area contributed by atoms with Crippen molar-refractivity contribution in [1.82, 2.24) is 10.3 Å². The van der Waals surface area contributed by atoms with E-state index in [9.17, 15) is 4.79 Å². The number of fused-ring (bicyclic) bond motifs is 1. The number of carbonyl (C=O) groups excluding carboxylic acids is 1. The summed E-state index contributed by atoms with van der Waals surface area (Å²) in [4.78, 5) is 19.1. The molecule has 6 nitrogen and oxygen atoms in total. The normalized spacial score (nSPS) is 32.0. The van der Waals surface area contributed by atoms with E-state index in [-0.39, 0.29) is 17.6 Å². The molecule has 1 N–H and O–H groups in total. The summed E-state index contributed by atoms with van der Waals surface area (Å²) in [6.07, 6.45) is 5.83. The number of rotatable bonds is 4. The Bertz CT molecular complexity index is 821. The van der Waals surface area contributed by atoms with Gasteiger partial charge in [-0.15, -0.1) is 0 Å². The van der Waals surface area contributed by atoms with Crippen LogP contribution in [0, 0.1) is 18.8 Å². The Morgan fingerprint density at radius 3 is 3.19 bits per heavy atom. The van der Waals surface area contributed by atoms with Crippen LogP contribution < -0.4 is 10.2 Å². The molecular weight excluding hydrogens is 330 g/mol. The van der Waals surface area contributed by atoms with Gasteiger partial charge < -0.3 is 19.4 Å². The molecule has 3 fully saturated rings. The average Bonchev–Trinajstić information content (AvgIpc) is 3.39. The molecule has 136 valence electrons. The highest BCUT2D eigenvalue weighted by atomic mass is 16.5. The molecule has 0 saturated carbocycles. The zero-order chi connectivity index (χ0) is 17.7. The van der Waals surface area contributed by atoms with Crippen molar-refractivity contribution in [3.63, 3.8) is 0 Å². The van der Waals surface area contributed by atoms with Gasteiger partial charge in [-0.25, -0.2) is 4.98 Å². The van der Waals surface area contributed by atoms with Crippen LogP contribution in [0.5, 0.6) is 0 Å². The Morgan fingerprint density at radius 1 is 1.46 bits per heavy atom. The zero-order valence-electron chi connectivity index (χ0n) is 14.9. The lowest BCUT2D eigenvalue weighted by Gasteiger charge is -2.29. The fraction of sp³-hybridized carbons (Fsp3) is 0.500. The number of hydrogen-bond donors (Lipinski definition) is 1. The molecule has 5 heterocycles. The SMILES string of the molecule is Cc1ccnc(N2C[C@@H]3[C@H](CNC(=O)c4ccco4)[C@H]4CC[C@]3(C2)O4)c1. The summed E-state index contributed by atoms with van der Waals surface area (Å²) in [6, 6.07) is 7.58. The molecule has 3 aliphatic rings. The molecule has 2 aromatic rings. The van der Waals surface area contributed by atoms with Crippen LogP contribution in [0.25, 0.3) is 0 Å². The number of aryl methyl sites for hydroxylation is 1. The third-order valence-corrected chi connectivity index (χ3v) is 6.25. The molecular formula is C20H23N3O3. The Kier molecular flexibility index (Phi) is 3.57. The average molecular weight is 353 g/mol. The maximum atomic E-state index is 12.2. The highest BCUT2D eigenvalue weighted by molar-refractivity contribution is 5.91. The number of ether oxygens (including phenoxy) is 1. The summed E-state index contributed by atoms with van der Waals surface area (Å²) >= 11 is 0. The van der Waals surface area contributed by atoms with Crippen LogP contribution >= 0.6 is 0 Å². The maximum Gasteiger partial charge on any atom is 0.286 e. The van der Waals surface area contributed by atoms with Gasteiger partial charge in [0.2, 0.25) is 0 Å². The lowest BCUT2D eigenvalue weighted by Crippen LogP contribution is -2.41. The highest BCUT2D eigenvalue weighted by Gasteiger charge is 2.63. The second-order valence-corrected chi connectivity index (χ2v) is 7.79. The van der Waals surface area contributed by atoms with Crippen molar-refractivity contribution in [2.45, 2.75) is 31.5 Å². The summed E-state index contributed by atoms with van der Waals surface area (Å²) in [6.45, 7) is 4.56. The monoisotopic (exact) mass is 353 g/mol. The number of aromatic nitrogens is 1. The molecule has 26 heavy (non-hydrogen) atoms. The Labute approximate surface area is 152 Å². The minimum Gasteiger partial charge on any atom is -0.459 e. The van der Waals surface area contributed by atoms with E-state index in [1.54, 1.807) is 12.1 Å². The van der Waals surface area contributed by atoms with E-state index in [1.165, 1.54) is 11.8 Å². The summed E-state index contributed by atoms with van der Waals surface area (Å²) in [7, 11) is 0. The molecule has 0 unspecified atom stereocenters. The van der Waals surface area contributed by atoms with Gasteiger partial charge in [-0.1, -0.05) is 0 Å². The van der Waals surface area contributed by atoms with Gasteiger partial charge in [-0.2, -0.15) is 0 Å². The van der Waals surface area contributed by atoms with Gasteiger partial charge in [0.1, 0.15) is 5.82 Å². The molecule has 5 rings (SSSR count). The second kappa shape index (κ2) is 5.84. The fourth-order valence-electron chi connectivity index (χ4n) is 5.04. The summed E-state index contributed by atoms with van der Waals surface area (Å²) in [5, 5.41) is 3.04. The first-order chi connectivity index (χ1) is 12.6. The van der Waals surface area contributed by atoms with E-state index < -0.39 is 0 Å². The van der Waals surface area contributed by atoms with E-state index in [0.717, 1.165) is 31.7 Å². The summed E-state index contributed by atoms with van der Waals surface area (Å²) < 4.78 is 11.6. The molecule has 3 aliphatic heterocycles. The molecule has 0 aromatic carbocycles. The van der Waals surface area contributed by atoms with Crippen LogP contribution in [0.15, 0.2) is 41.1 Å². The van der Waals surface area contributed by atoms with E-state index in [4.69, 9.17) is 9.15 Å². The van der Waals surface area contributed by atoms with Crippen molar-refractivity contribution >= 4 is 11.7 Å². The summed E-state index contributed by atoms with van der Waals surface area (Å²) in [5.74, 6) is 2.01. The number of pyridine rings is 1. The molecule has 0 radical (unpaired) electrons. The van der Waals surface area contributed by atoms with Gasteiger partial charge in [-0.05, 0) is 49.6 Å². The van der Waals surface area contributed by atoms with E-state index in [2.05, 4.69) is 28.2 Å². The third-order valence-electron chi connectivity index (χ3n) is 6.25. The number of nitrogens with one attached hydrogen (secondary N) is 1. The minimum atomic E-state index is -0.151. The molecule has 1 amide bonds. The fourth-order valence-corrected chi connectivity index (χ4v) is 5.04. The van der Waals surface area contributed by atoms with Crippen LogP contribution in [0.4, 0.5) is 5.82 Å². The smallest absolute Gasteiger partial charge is 0.286 e. The Balaban J connectivity index is 1.31. The molecule has 4 atom stereocenters. The Morgan fingerprint density at radius 2 is 2.38 bits per heavy atom. The quantitative estimate of drug-likeness (QED) is 0.914. The van der Waals surface area contributed by atoms with Crippen molar-refractivity contribution in [3.8, 4) is 0 Å². The number of furan rings is 1. The number of hydrogen-bond acceptors (Lipinski definition) is 5. The van der Waals surface area contributed by atoms with Gasteiger partial charge in [0.15, 0.2) is 5.76 Å². The van der Waals surface area contributed by atoms with E-state index >= 15 is 0 Å². The van der Waals surface area contributed by atoms with Crippen LogP contribution in [-0.2, 0) is 4.74 Å². The predicted octanol–water partition coefficient (Wildman–Crippen LogP) is 2.40. The van der Waals surface area contributed by atoms with Crippen LogP contribution in [0.1, 0.15) is 29.0 Å².